The van der Waals surface area contributed by atoms with Crippen LogP contribution in [0, 0.1) is 5.82 Å². The van der Waals surface area contributed by atoms with E-state index in [1.807, 2.05) is 60.7 Å². The highest BCUT2D eigenvalue weighted by Crippen LogP contribution is 2.22. The molecule has 0 aromatic heterocycles. The fourth-order valence-electron chi connectivity index (χ4n) is 3.10. The number of carbonyl (C=O) groups excluding carboxylic acids is 1. The van der Waals surface area contributed by atoms with Crippen LogP contribution in [0.5, 0.6) is 0 Å². The van der Waals surface area contributed by atoms with Gasteiger partial charge in [0.05, 0.1) is 11.9 Å². The molecule has 156 valence electrons. The molecule has 0 unspecified atom stereocenters. The van der Waals surface area contributed by atoms with Crippen LogP contribution in [0.25, 0.3) is 0 Å². The lowest BCUT2D eigenvalue weighted by Crippen LogP contribution is -2.42. The van der Waals surface area contributed by atoms with Crippen LogP contribution in [0.3, 0.4) is 0 Å². The van der Waals surface area contributed by atoms with E-state index in [0.717, 1.165) is 21.7 Å². The second kappa shape index (κ2) is 9.54. The molecular weight excluding hydrogens is 403 g/mol. The SMILES string of the molecule is CS(=O)(=O)N(CC(=O)N(Cc1ccccc1)Cc1ccccc1)c1ccccc1F. The van der Waals surface area contributed by atoms with Crippen molar-refractivity contribution < 1.29 is 17.6 Å². The van der Waals surface area contributed by atoms with Gasteiger partial charge in [-0.3, -0.25) is 9.10 Å². The van der Waals surface area contributed by atoms with Crippen LogP contribution in [-0.2, 0) is 27.9 Å². The van der Waals surface area contributed by atoms with E-state index in [1.54, 1.807) is 4.90 Å². The topological polar surface area (TPSA) is 57.7 Å². The summed E-state index contributed by atoms with van der Waals surface area (Å²) < 4.78 is 39.8. The number of para-hydroxylation sites is 1. The highest BCUT2D eigenvalue weighted by Gasteiger charge is 2.26. The number of benzene rings is 3. The molecule has 1 amide bonds. The predicted molar refractivity (Wildman–Crippen MR) is 116 cm³/mol. The number of hydrogen-bond donors (Lipinski definition) is 0. The number of nitrogens with zero attached hydrogens (tertiary/aromatic N) is 2. The lowest BCUT2D eigenvalue weighted by molar-refractivity contribution is -0.130. The van der Waals surface area contributed by atoms with Crippen molar-refractivity contribution in [1.29, 1.82) is 0 Å². The summed E-state index contributed by atoms with van der Waals surface area (Å²) in [6.07, 6.45) is 0.964. The van der Waals surface area contributed by atoms with Crippen molar-refractivity contribution in [3.05, 3.63) is 102 Å². The minimum absolute atomic E-state index is 0.146. The number of amides is 1. The summed E-state index contributed by atoms with van der Waals surface area (Å²) >= 11 is 0. The third kappa shape index (κ3) is 5.67. The molecule has 3 rings (SSSR count). The Morgan fingerprint density at radius 2 is 1.27 bits per heavy atom. The molecule has 3 aromatic carbocycles. The zero-order chi connectivity index (χ0) is 21.6. The molecule has 30 heavy (non-hydrogen) atoms. The Hall–Kier alpha value is -3.19. The van der Waals surface area contributed by atoms with Crippen molar-refractivity contribution in [3.63, 3.8) is 0 Å². The van der Waals surface area contributed by atoms with Crippen molar-refractivity contribution in [2.75, 3.05) is 17.1 Å². The van der Waals surface area contributed by atoms with Gasteiger partial charge in [0.2, 0.25) is 15.9 Å². The maximum atomic E-state index is 14.3. The number of halogens is 1. The van der Waals surface area contributed by atoms with Gasteiger partial charge in [0, 0.05) is 13.1 Å². The largest absolute Gasteiger partial charge is 0.332 e. The highest BCUT2D eigenvalue weighted by atomic mass is 32.2. The van der Waals surface area contributed by atoms with E-state index in [9.17, 15) is 17.6 Å². The summed E-state index contributed by atoms with van der Waals surface area (Å²) in [7, 11) is -3.87. The van der Waals surface area contributed by atoms with Gasteiger partial charge in [-0.2, -0.15) is 0 Å². The molecule has 3 aromatic rings. The molecule has 0 bridgehead atoms. The van der Waals surface area contributed by atoms with Crippen LogP contribution in [0.15, 0.2) is 84.9 Å². The lowest BCUT2D eigenvalue weighted by Gasteiger charge is -2.28. The van der Waals surface area contributed by atoms with E-state index in [4.69, 9.17) is 0 Å². The number of rotatable bonds is 8. The Labute approximate surface area is 176 Å². The summed E-state index contributed by atoms with van der Waals surface area (Å²) in [5.41, 5.74) is 1.69. The Morgan fingerprint density at radius 3 is 1.73 bits per heavy atom. The standard InChI is InChI=1S/C23H23FN2O3S/c1-30(28,29)26(22-15-9-8-14-21(22)24)18-23(27)25(16-19-10-4-2-5-11-19)17-20-12-6-3-7-13-20/h2-15H,16-18H2,1H3. The maximum Gasteiger partial charge on any atom is 0.243 e. The van der Waals surface area contributed by atoms with Crippen LogP contribution >= 0.6 is 0 Å². The fraction of sp³-hybridized carbons (Fsp3) is 0.174. The zero-order valence-corrected chi connectivity index (χ0v) is 17.4. The van der Waals surface area contributed by atoms with Crippen LogP contribution in [-0.4, -0.2) is 32.0 Å². The first-order valence-electron chi connectivity index (χ1n) is 9.42. The second-order valence-electron chi connectivity index (χ2n) is 6.94. The molecule has 7 heteroatoms. The normalized spacial score (nSPS) is 11.1. The van der Waals surface area contributed by atoms with E-state index in [-0.39, 0.29) is 5.69 Å². The minimum atomic E-state index is -3.87. The van der Waals surface area contributed by atoms with Gasteiger partial charge in [-0.1, -0.05) is 72.8 Å². The molecule has 0 spiro atoms. The van der Waals surface area contributed by atoms with Crippen LogP contribution in [0.1, 0.15) is 11.1 Å². The number of sulfonamides is 1. The third-order valence-corrected chi connectivity index (χ3v) is 5.71. The average molecular weight is 427 g/mol. The van der Waals surface area contributed by atoms with Gasteiger partial charge in [0.15, 0.2) is 0 Å². The predicted octanol–water partition coefficient (Wildman–Crippen LogP) is 3.82. The van der Waals surface area contributed by atoms with E-state index in [1.165, 1.54) is 24.3 Å². The van der Waals surface area contributed by atoms with Crippen LogP contribution < -0.4 is 4.31 Å². The summed E-state index contributed by atoms with van der Waals surface area (Å²) in [5.74, 6) is -1.12. The Kier molecular flexibility index (Phi) is 6.84. The molecule has 0 saturated heterocycles. The summed E-state index contributed by atoms with van der Waals surface area (Å²) in [5, 5.41) is 0. The highest BCUT2D eigenvalue weighted by molar-refractivity contribution is 7.92. The van der Waals surface area contributed by atoms with Crippen molar-refractivity contribution in [2.24, 2.45) is 0 Å². The van der Waals surface area contributed by atoms with Crippen molar-refractivity contribution in [1.82, 2.24) is 4.90 Å². The smallest absolute Gasteiger partial charge is 0.243 e. The maximum absolute atomic E-state index is 14.3. The van der Waals surface area contributed by atoms with Crippen molar-refractivity contribution in [3.8, 4) is 0 Å². The number of hydrogen-bond acceptors (Lipinski definition) is 3. The lowest BCUT2D eigenvalue weighted by atomic mass is 10.1. The molecule has 0 heterocycles. The number of carbonyl (C=O) groups is 1. The van der Waals surface area contributed by atoms with E-state index in [0.29, 0.717) is 13.1 Å². The summed E-state index contributed by atoms with van der Waals surface area (Å²) in [6.45, 7) is 0.131. The van der Waals surface area contributed by atoms with Gasteiger partial charge in [-0.15, -0.1) is 0 Å². The first kappa shape index (κ1) is 21.5. The third-order valence-electron chi connectivity index (χ3n) is 4.59. The van der Waals surface area contributed by atoms with Gasteiger partial charge >= 0.3 is 0 Å². The molecule has 0 aliphatic rings. The molecule has 5 nitrogen and oxygen atoms in total. The van der Waals surface area contributed by atoms with E-state index < -0.39 is 28.3 Å². The van der Waals surface area contributed by atoms with Crippen LogP contribution in [0.4, 0.5) is 10.1 Å². The first-order valence-corrected chi connectivity index (χ1v) is 11.3. The fourth-order valence-corrected chi connectivity index (χ4v) is 3.95. The molecule has 0 aliphatic heterocycles. The Bertz CT molecular complexity index is 1050. The monoisotopic (exact) mass is 426 g/mol. The van der Waals surface area contributed by atoms with Gasteiger partial charge in [-0.05, 0) is 23.3 Å². The Balaban J connectivity index is 1.89. The zero-order valence-electron chi connectivity index (χ0n) is 16.6. The van der Waals surface area contributed by atoms with Gasteiger partial charge < -0.3 is 4.90 Å². The van der Waals surface area contributed by atoms with E-state index >= 15 is 0 Å². The first-order chi connectivity index (χ1) is 14.3. The summed E-state index contributed by atoms with van der Waals surface area (Å²) in [4.78, 5) is 14.8. The minimum Gasteiger partial charge on any atom is -0.332 e. The van der Waals surface area contributed by atoms with Crippen molar-refractivity contribution >= 4 is 21.6 Å². The van der Waals surface area contributed by atoms with Crippen molar-refractivity contribution in [2.45, 2.75) is 13.1 Å². The van der Waals surface area contributed by atoms with Gasteiger partial charge in [-0.25, -0.2) is 12.8 Å². The quantitative estimate of drug-likeness (QED) is 0.550. The molecule has 0 fully saturated rings. The molecule has 0 atom stereocenters. The summed E-state index contributed by atoms with van der Waals surface area (Å²) in [6, 6.07) is 24.4. The average Bonchev–Trinajstić information content (AvgIpc) is 2.73. The number of anilines is 1. The molecule has 0 radical (unpaired) electrons. The van der Waals surface area contributed by atoms with Gasteiger partial charge in [0.25, 0.3) is 0 Å². The molecular formula is C23H23FN2O3S. The van der Waals surface area contributed by atoms with Crippen LogP contribution in [0.2, 0.25) is 0 Å². The second-order valence-corrected chi connectivity index (χ2v) is 8.85. The van der Waals surface area contributed by atoms with Gasteiger partial charge in [0.1, 0.15) is 12.4 Å². The van der Waals surface area contributed by atoms with E-state index in [2.05, 4.69) is 0 Å². The Morgan fingerprint density at radius 1 is 0.800 bits per heavy atom. The molecule has 0 aliphatic carbocycles. The molecule has 0 N–H and O–H groups in total. The molecule has 0 saturated carbocycles.